The molecule has 1 N–H and O–H groups in total. The molecule has 0 amide bonds. The van der Waals surface area contributed by atoms with Crippen LogP contribution in [0.2, 0.25) is 0 Å². The summed E-state index contributed by atoms with van der Waals surface area (Å²) in [5, 5.41) is 2.56. The molecule has 2 aromatic carbocycles. The molecule has 0 aliphatic carbocycles. The number of alkyl halides is 3. The number of hydrogen-bond acceptors (Lipinski definition) is 4. The second-order valence-electron chi connectivity index (χ2n) is 3.77. The average molecular weight is 271 g/mol. The Labute approximate surface area is 105 Å². The Kier molecular flexibility index (Phi) is 3.05. The summed E-state index contributed by atoms with van der Waals surface area (Å²) in [7, 11) is 1.23. The molecule has 0 aromatic heterocycles. The molecule has 0 spiro atoms. The monoisotopic (exact) mass is 271 g/mol. The normalized spacial score (nSPS) is 11.6. The zero-order valence-electron chi connectivity index (χ0n) is 9.67. The molecule has 0 aliphatic heterocycles. The predicted octanol–water partition coefficient (Wildman–Crippen LogP) is 2.05. The summed E-state index contributed by atoms with van der Waals surface area (Å²) in [6.45, 7) is 0. The third-order valence-electron chi connectivity index (χ3n) is 2.55. The van der Waals surface area contributed by atoms with Crippen molar-refractivity contribution in [2.75, 3.05) is 12.4 Å². The summed E-state index contributed by atoms with van der Waals surface area (Å²) < 4.78 is 41.7. The fraction of sp³-hybridized carbons (Fsp3) is 0.167. The lowest BCUT2D eigenvalue weighted by Gasteiger charge is -2.12. The highest BCUT2D eigenvalue weighted by molar-refractivity contribution is 5.69. The number of halogens is 3. The standard InChI is InChI=1S/C12H8F3NO3/c1-19-11-8(9(17)10(11)18)16-7-4-2-6(3-5-7)12(13,14)15/h2-5,16H,1H3. The summed E-state index contributed by atoms with van der Waals surface area (Å²) in [5.74, 6) is -0.120. The van der Waals surface area contributed by atoms with Gasteiger partial charge in [-0.15, -0.1) is 0 Å². The van der Waals surface area contributed by atoms with E-state index in [1.165, 1.54) is 19.2 Å². The summed E-state index contributed by atoms with van der Waals surface area (Å²) in [6.07, 6.45) is -4.42. The number of anilines is 2. The van der Waals surface area contributed by atoms with E-state index in [4.69, 9.17) is 4.74 Å². The van der Waals surface area contributed by atoms with Crippen molar-refractivity contribution in [1.29, 1.82) is 0 Å². The van der Waals surface area contributed by atoms with E-state index in [0.29, 0.717) is 0 Å². The fourth-order valence-corrected chi connectivity index (χ4v) is 1.57. The summed E-state index contributed by atoms with van der Waals surface area (Å²) in [4.78, 5) is 22.3. The third kappa shape index (κ3) is 2.31. The molecule has 0 aliphatic rings. The quantitative estimate of drug-likeness (QED) is 0.868. The minimum Gasteiger partial charge on any atom is -0.491 e. The van der Waals surface area contributed by atoms with Crippen molar-refractivity contribution < 1.29 is 17.9 Å². The number of benzene rings is 1. The van der Waals surface area contributed by atoms with Crippen molar-refractivity contribution in [2.45, 2.75) is 6.18 Å². The maximum absolute atomic E-state index is 12.3. The van der Waals surface area contributed by atoms with Gasteiger partial charge >= 0.3 is 6.18 Å². The largest absolute Gasteiger partial charge is 0.491 e. The van der Waals surface area contributed by atoms with Crippen LogP contribution in [0.4, 0.5) is 24.5 Å². The van der Waals surface area contributed by atoms with Gasteiger partial charge in [-0.25, -0.2) is 0 Å². The molecule has 2 aromatic rings. The van der Waals surface area contributed by atoms with Gasteiger partial charge in [0.25, 0.3) is 10.9 Å². The van der Waals surface area contributed by atoms with E-state index in [0.717, 1.165) is 12.1 Å². The smallest absolute Gasteiger partial charge is 0.416 e. The van der Waals surface area contributed by atoms with Crippen LogP contribution in [-0.4, -0.2) is 7.11 Å². The van der Waals surface area contributed by atoms with E-state index in [-0.39, 0.29) is 17.1 Å². The van der Waals surface area contributed by atoms with Crippen molar-refractivity contribution in [3.05, 3.63) is 50.3 Å². The minimum absolute atomic E-state index is 0.0488. The van der Waals surface area contributed by atoms with Crippen LogP contribution in [0.3, 0.4) is 0 Å². The van der Waals surface area contributed by atoms with Gasteiger partial charge in [-0.2, -0.15) is 13.2 Å². The molecular weight excluding hydrogens is 263 g/mol. The Bertz CT molecular complexity index is 667. The maximum atomic E-state index is 12.3. The Morgan fingerprint density at radius 1 is 1.05 bits per heavy atom. The van der Waals surface area contributed by atoms with E-state index >= 15 is 0 Å². The molecule has 0 unspecified atom stereocenters. The lowest BCUT2D eigenvalue weighted by Crippen LogP contribution is -2.34. The van der Waals surface area contributed by atoms with E-state index in [1.807, 2.05) is 0 Å². The fourth-order valence-electron chi connectivity index (χ4n) is 1.57. The van der Waals surface area contributed by atoms with E-state index < -0.39 is 22.6 Å². The second kappa shape index (κ2) is 4.42. The van der Waals surface area contributed by atoms with Gasteiger partial charge in [0.2, 0.25) is 0 Å². The van der Waals surface area contributed by atoms with E-state index in [1.54, 1.807) is 0 Å². The Morgan fingerprint density at radius 2 is 1.63 bits per heavy atom. The van der Waals surface area contributed by atoms with Crippen LogP contribution in [0, 0.1) is 0 Å². The first-order valence-electron chi connectivity index (χ1n) is 5.16. The molecule has 100 valence electrons. The van der Waals surface area contributed by atoms with Gasteiger partial charge in [-0.05, 0) is 24.3 Å². The number of rotatable bonds is 3. The molecule has 0 atom stereocenters. The van der Waals surface area contributed by atoms with Crippen molar-refractivity contribution in [3.63, 3.8) is 0 Å². The maximum Gasteiger partial charge on any atom is 0.416 e. The molecular formula is C12H8F3NO3. The molecule has 0 radical (unpaired) electrons. The van der Waals surface area contributed by atoms with Crippen molar-refractivity contribution >= 4 is 11.4 Å². The molecule has 0 saturated heterocycles. The highest BCUT2D eigenvalue weighted by Crippen LogP contribution is 2.30. The van der Waals surface area contributed by atoms with Gasteiger partial charge in [0, 0.05) is 5.69 Å². The second-order valence-corrected chi connectivity index (χ2v) is 3.77. The topological polar surface area (TPSA) is 55.4 Å². The highest BCUT2D eigenvalue weighted by Gasteiger charge is 2.30. The highest BCUT2D eigenvalue weighted by atomic mass is 19.4. The van der Waals surface area contributed by atoms with E-state index in [9.17, 15) is 22.8 Å². The van der Waals surface area contributed by atoms with E-state index in [2.05, 4.69) is 5.32 Å². The van der Waals surface area contributed by atoms with Crippen molar-refractivity contribution in [1.82, 2.24) is 0 Å². The first-order chi connectivity index (χ1) is 8.84. The molecule has 4 nitrogen and oxygen atoms in total. The zero-order valence-corrected chi connectivity index (χ0v) is 9.67. The van der Waals surface area contributed by atoms with Gasteiger partial charge in [-0.1, -0.05) is 0 Å². The van der Waals surface area contributed by atoms with Crippen LogP contribution in [0.25, 0.3) is 0 Å². The zero-order chi connectivity index (χ0) is 14.2. The first-order valence-corrected chi connectivity index (χ1v) is 5.16. The van der Waals surface area contributed by atoms with Crippen LogP contribution in [-0.2, 0) is 6.18 Å². The molecule has 0 heterocycles. The minimum atomic E-state index is -4.42. The first kappa shape index (κ1) is 13.1. The van der Waals surface area contributed by atoms with Crippen LogP contribution in [0.5, 0.6) is 5.75 Å². The molecule has 0 fully saturated rings. The van der Waals surface area contributed by atoms with Crippen molar-refractivity contribution in [3.8, 4) is 5.75 Å². The van der Waals surface area contributed by atoms with Crippen LogP contribution >= 0.6 is 0 Å². The molecule has 0 saturated carbocycles. The van der Waals surface area contributed by atoms with Crippen LogP contribution in [0.15, 0.2) is 33.9 Å². The summed E-state index contributed by atoms with van der Waals surface area (Å²) in [6, 6.07) is 4.08. The number of hydrogen-bond donors (Lipinski definition) is 1. The van der Waals surface area contributed by atoms with Crippen LogP contribution < -0.4 is 20.9 Å². The van der Waals surface area contributed by atoms with Gasteiger partial charge < -0.3 is 10.1 Å². The van der Waals surface area contributed by atoms with Gasteiger partial charge in [0.1, 0.15) is 5.69 Å². The summed E-state index contributed by atoms with van der Waals surface area (Å²) >= 11 is 0. The number of ether oxygens (including phenoxy) is 1. The summed E-state index contributed by atoms with van der Waals surface area (Å²) in [5.41, 5.74) is -2.09. The van der Waals surface area contributed by atoms with Gasteiger partial charge in [0.15, 0.2) is 5.75 Å². The number of methoxy groups -OCH3 is 1. The molecule has 19 heavy (non-hydrogen) atoms. The SMILES string of the molecule is COc1c(Nc2ccc(C(F)(F)F)cc2)c(=O)c1=O. The molecule has 0 bridgehead atoms. The predicted molar refractivity (Wildman–Crippen MR) is 62.6 cm³/mol. The Hall–Kier alpha value is -2.31. The Balaban J connectivity index is 2.23. The number of nitrogens with one attached hydrogen (secondary N) is 1. The third-order valence-corrected chi connectivity index (χ3v) is 2.55. The molecule has 2 rings (SSSR count). The van der Waals surface area contributed by atoms with Gasteiger partial charge in [0.05, 0.1) is 12.7 Å². The van der Waals surface area contributed by atoms with Crippen molar-refractivity contribution in [2.24, 2.45) is 0 Å². The van der Waals surface area contributed by atoms with Crippen LogP contribution in [0.1, 0.15) is 5.56 Å². The molecule has 7 heteroatoms. The van der Waals surface area contributed by atoms with Gasteiger partial charge in [-0.3, -0.25) is 9.59 Å². The average Bonchev–Trinajstić information content (AvgIpc) is 2.37. The lowest BCUT2D eigenvalue weighted by atomic mass is 10.1. The lowest BCUT2D eigenvalue weighted by molar-refractivity contribution is -0.137. The Morgan fingerprint density at radius 3 is 2.11 bits per heavy atom.